The SMILES string of the molecule is CC(C)N(c1ccc2cc(C(=O)Nc3ccc(C(=O)N4CCCNCC4)cc3)c(=O)oc2c1)C(C)C. The second kappa shape index (κ2) is 11.0. The summed E-state index contributed by atoms with van der Waals surface area (Å²) in [5.41, 5.74) is 1.68. The molecule has 0 radical (unpaired) electrons. The van der Waals surface area contributed by atoms with Crippen LogP contribution >= 0.6 is 0 Å². The lowest BCUT2D eigenvalue weighted by Crippen LogP contribution is -2.36. The largest absolute Gasteiger partial charge is 0.422 e. The van der Waals surface area contributed by atoms with Crippen molar-refractivity contribution in [1.82, 2.24) is 10.2 Å². The van der Waals surface area contributed by atoms with Gasteiger partial charge in [0.25, 0.3) is 11.8 Å². The summed E-state index contributed by atoms with van der Waals surface area (Å²) in [5.74, 6) is -0.585. The van der Waals surface area contributed by atoms with Gasteiger partial charge in [0.15, 0.2) is 0 Å². The van der Waals surface area contributed by atoms with Gasteiger partial charge in [-0.15, -0.1) is 0 Å². The minimum atomic E-state index is -0.695. The van der Waals surface area contributed by atoms with E-state index in [0.29, 0.717) is 28.8 Å². The average molecular weight is 491 g/mol. The Balaban J connectivity index is 1.50. The highest BCUT2D eigenvalue weighted by Gasteiger charge is 2.19. The maximum Gasteiger partial charge on any atom is 0.349 e. The van der Waals surface area contributed by atoms with E-state index < -0.39 is 11.5 Å². The van der Waals surface area contributed by atoms with E-state index in [1.54, 1.807) is 30.3 Å². The normalized spacial score (nSPS) is 14.2. The molecular weight excluding hydrogens is 456 g/mol. The first-order valence-electron chi connectivity index (χ1n) is 12.5. The molecule has 3 aromatic rings. The molecule has 0 spiro atoms. The molecule has 2 amide bonds. The summed E-state index contributed by atoms with van der Waals surface area (Å²) in [5, 5.41) is 6.69. The summed E-state index contributed by atoms with van der Waals surface area (Å²) in [7, 11) is 0. The molecule has 1 aromatic heterocycles. The Bertz CT molecular complexity index is 1280. The number of benzene rings is 2. The van der Waals surface area contributed by atoms with Crippen molar-refractivity contribution in [2.75, 3.05) is 36.4 Å². The lowest BCUT2D eigenvalue weighted by molar-refractivity contribution is 0.0766. The van der Waals surface area contributed by atoms with Gasteiger partial charge in [0.2, 0.25) is 0 Å². The van der Waals surface area contributed by atoms with Crippen LogP contribution in [-0.2, 0) is 0 Å². The first kappa shape index (κ1) is 25.4. The van der Waals surface area contributed by atoms with Gasteiger partial charge in [-0.2, -0.15) is 0 Å². The molecule has 0 atom stereocenters. The number of rotatable bonds is 6. The zero-order chi connectivity index (χ0) is 25.8. The predicted molar refractivity (Wildman–Crippen MR) is 143 cm³/mol. The highest BCUT2D eigenvalue weighted by Crippen LogP contribution is 2.25. The average Bonchev–Trinajstić information content (AvgIpc) is 3.13. The fourth-order valence-electron chi connectivity index (χ4n) is 4.74. The number of hydrogen-bond donors (Lipinski definition) is 2. The summed E-state index contributed by atoms with van der Waals surface area (Å²) in [6.45, 7) is 11.5. The van der Waals surface area contributed by atoms with Crippen LogP contribution in [0.3, 0.4) is 0 Å². The standard InChI is InChI=1S/C28H34N4O4/c1-18(2)32(19(3)4)23-11-8-21-16-24(28(35)36-25(21)17-23)26(33)30-22-9-6-20(7-10-22)27(34)31-14-5-12-29-13-15-31/h6-11,16-19,29H,5,12-15H2,1-4H3,(H,30,33). The lowest BCUT2D eigenvalue weighted by atomic mass is 10.1. The van der Waals surface area contributed by atoms with Crippen LogP contribution in [0.15, 0.2) is 57.7 Å². The van der Waals surface area contributed by atoms with Crippen molar-refractivity contribution in [2.24, 2.45) is 0 Å². The number of carbonyl (C=O) groups is 2. The zero-order valence-corrected chi connectivity index (χ0v) is 21.3. The smallest absolute Gasteiger partial charge is 0.349 e. The van der Waals surface area contributed by atoms with Crippen LogP contribution in [0.25, 0.3) is 11.0 Å². The van der Waals surface area contributed by atoms with Crippen molar-refractivity contribution in [3.63, 3.8) is 0 Å². The summed E-state index contributed by atoms with van der Waals surface area (Å²) in [6.07, 6.45) is 0.920. The number of amides is 2. The Labute approximate surface area is 211 Å². The third-order valence-corrected chi connectivity index (χ3v) is 6.39. The summed E-state index contributed by atoms with van der Waals surface area (Å²) < 4.78 is 5.53. The Kier molecular flexibility index (Phi) is 7.74. The van der Waals surface area contributed by atoms with Gasteiger partial charge in [0.1, 0.15) is 11.1 Å². The van der Waals surface area contributed by atoms with Gasteiger partial charge < -0.3 is 24.9 Å². The molecule has 1 saturated heterocycles. The van der Waals surface area contributed by atoms with Crippen molar-refractivity contribution in [3.8, 4) is 0 Å². The summed E-state index contributed by atoms with van der Waals surface area (Å²) in [6, 6.07) is 14.5. The Hall–Kier alpha value is -3.65. The van der Waals surface area contributed by atoms with Gasteiger partial charge in [-0.05, 0) is 83.1 Å². The topological polar surface area (TPSA) is 94.9 Å². The molecule has 2 N–H and O–H groups in total. The first-order chi connectivity index (χ1) is 17.2. The molecule has 2 aromatic carbocycles. The quantitative estimate of drug-likeness (QED) is 0.505. The van der Waals surface area contributed by atoms with Crippen molar-refractivity contribution in [1.29, 1.82) is 0 Å². The number of anilines is 2. The van der Waals surface area contributed by atoms with Crippen LogP contribution in [0.2, 0.25) is 0 Å². The fourth-order valence-corrected chi connectivity index (χ4v) is 4.74. The van der Waals surface area contributed by atoms with E-state index in [1.807, 2.05) is 23.1 Å². The van der Waals surface area contributed by atoms with E-state index in [0.717, 1.165) is 31.7 Å². The van der Waals surface area contributed by atoms with Gasteiger partial charge in [-0.3, -0.25) is 9.59 Å². The Morgan fingerprint density at radius 3 is 2.39 bits per heavy atom. The van der Waals surface area contributed by atoms with Crippen molar-refractivity contribution in [2.45, 2.75) is 46.2 Å². The molecule has 8 heteroatoms. The third kappa shape index (κ3) is 5.60. The van der Waals surface area contributed by atoms with Crippen LogP contribution in [0.4, 0.5) is 11.4 Å². The van der Waals surface area contributed by atoms with Gasteiger partial charge in [0, 0.05) is 60.1 Å². The van der Waals surface area contributed by atoms with Crippen molar-refractivity contribution < 1.29 is 14.0 Å². The molecular formula is C28H34N4O4. The number of fused-ring (bicyclic) bond motifs is 1. The molecule has 0 aliphatic carbocycles. The van der Waals surface area contributed by atoms with Crippen molar-refractivity contribution >= 4 is 34.2 Å². The van der Waals surface area contributed by atoms with E-state index in [1.165, 1.54) is 0 Å². The van der Waals surface area contributed by atoms with Gasteiger partial charge in [-0.25, -0.2) is 4.79 Å². The lowest BCUT2D eigenvalue weighted by Gasteiger charge is -2.33. The Morgan fingerprint density at radius 1 is 0.972 bits per heavy atom. The minimum Gasteiger partial charge on any atom is -0.422 e. The second-order valence-electron chi connectivity index (χ2n) is 9.69. The van der Waals surface area contributed by atoms with Crippen LogP contribution in [0.1, 0.15) is 54.8 Å². The third-order valence-electron chi connectivity index (χ3n) is 6.39. The van der Waals surface area contributed by atoms with E-state index in [4.69, 9.17) is 4.42 Å². The number of carbonyl (C=O) groups excluding carboxylic acids is 2. The molecule has 0 unspecified atom stereocenters. The van der Waals surface area contributed by atoms with Crippen LogP contribution in [0, 0.1) is 0 Å². The highest BCUT2D eigenvalue weighted by molar-refractivity contribution is 6.05. The molecule has 1 aliphatic rings. The van der Waals surface area contributed by atoms with Gasteiger partial charge in [-0.1, -0.05) is 0 Å². The first-order valence-corrected chi connectivity index (χ1v) is 12.5. The predicted octanol–water partition coefficient (Wildman–Crippen LogP) is 4.10. The molecule has 36 heavy (non-hydrogen) atoms. The minimum absolute atomic E-state index is 0.0281. The fraction of sp³-hybridized carbons (Fsp3) is 0.393. The molecule has 0 saturated carbocycles. The summed E-state index contributed by atoms with van der Waals surface area (Å²) in [4.78, 5) is 42.4. The Morgan fingerprint density at radius 2 is 1.69 bits per heavy atom. The van der Waals surface area contributed by atoms with Gasteiger partial charge in [0.05, 0.1) is 0 Å². The number of nitrogens with zero attached hydrogens (tertiary/aromatic N) is 2. The monoisotopic (exact) mass is 490 g/mol. The van der Waals surface area contributed by atoms with Crippen LogP contribution in [0.5, 0.6) is 0 Å². The molecule has 2 heterocycles. The maximum absolute atomic E-state index is 12.9. The van der Waals surface area contributed by atoms with E-state index in [9.17, 15) is 14.4 Å². The summed E-state index contributed by atoms with van der Waals surface area (Å²) >= 11 is 0. The maximum atomic E-state index is 12.9. The van der Waals surface area contributed by atoms with E-state index >= 15 is 0 Å². The van der Waals surface area contributed by atoms with Crippen LogP contribution in [-0.4, -0.2) is 55.0 Å². The molecule has 1 aliphatic heterocycles. The molecule has 0 bridgehead atoms. The number of hydrogen-bond acceptors (Lipinski definition) is 6. The van der Waals surface area contributed by atoms with Gasteiger partial charge >= 0.3 is 5.63 Å². The second-order valence-corrected chi connectivity index (χ2v) is 9.69. The molecule has 190 valence electrons. The molecule has 4 rings (SSSR count). The number of nitrogens with one attached hydrogen (secondary N) is 2. The zero-order valence-electron chi connectivity index (χ0n) is 21.3. The van der Waals surface area contributed by atoms with E-state index in [2.05, 4.69) is 43.2 Å². The van der Waals surface area contributed by atoms with E-state index in [-0.39, 0.29) is 23.6 Å². The van der Waals surface area contributed by atoms with Crippen molar-refractivity contribution in [3.05, 3.63) is 70.1 Å². The highest BCUT2D eigenvalue weighted by atomic mass is 16.4. The van der Waals surface area contributed by atoms with Crippen LogP contribution < -0.4 is 21.2 Å². The molecule has 1 fully saturated rings. The molecule has 8 nitrogen and oxygen atoms in total.